The van der Waals surface area contributed by atoms with Gasteiger partial charge in [-0.05, 0) is 172 Å². The van der Waals surface area contributed by atoms with Crippen LogP contribution in [0.5, 0.6) is 0 Å². The topological polar surface area (TPSA) is 9.72 Å². The van der Waals surface area contributed by atoms with Crippen LogP contribution < -0.4 is 14.7 Å². The van der Waals surface area contributed by atoms with Crippen molar-refractivity contribution in [3.8, 4) is 11.1 Å². The van der Waals surface area contributed by atoms with Crippen LogP contribution in [0.2, 0.25) is 0 Å². The number of nitrogens with zero attached hydrogens (tertiary/aromatic N) is 3. The first kappa shape index (κ1) is 52.2. The summed E-state index contributed by atoms with van der Waals surface area (Å²) in [5.74, 6) is 0.374. The molecule has 1 aromatic heterocycles. The van der Waals surface area contributed by atoms with E-state index in [1.165, 1.54) is 121 Å². The minimum Gasteiger partial charge on any atom is -0.334 e. The summed E-state index contributed by atoms with van der Waals surface area (Å²) >= 11 is 1.91. The minimum absolute atomic E-state index is 0.0124. The molecule has 0 N–H and O–H groups in total. The summed E-state index contributed by atoms with van der Waals surface area (Å²) in [5, 5.41) is 3.80. The first-order valence-electron chi connectivity index (χ1n) is 28.7. The Morgan fingerprint density at radius 3 is 1.89 bits per heavy atom. The number of anilines is 7. The van der Waals surface area contributed by atoms with Gasteiger partial charge in [-0.25, -0.2) is 0 Å². The van der Waals surface area contributed by atoms with Gasteiger partial charge in [0.25, 0.3) is 0 Å². The van der Waals surface area contributed by atoms with Crippen molar-refractivity contribution in [3.63, 3.8) is 0 Å². The summed E-state index contributed by atoms with van der Waals surface area (Å²) in [5.41, 5.74) is 19.4. The number of rotatable bonds is 8. The highest BCUT2D eigenvalue weighted by Gasteiger charge is 2.57. The fourth-order valence-electron chi connectivity index (χ4n) is 13.8. The van der Waals surface area contributed by atoms with E-state index in [-0.39, 0.29) is 38.0 Å². The predicted octanol–water partition coefficient (Wildman–Crippen LogP) is 21.4. The van der Waals surface area contributed by atoms with E-state index in [1.807, 2.05) is 11.3 Å². The number of hydrogen-bond donors (Lipinski definition) is 0. The Hall–Kier alpha value is -5.84. The smallest absolute Gasteiger partial charge is 0.0647 e. The SMILES string of the molecule is CC(C)(C)c1cccc(N(C2=CC=CC(C(C)(C)C)C2)c2cc(N(c3ccc(C(C)(C)C)cc3-c3ccccc3)c3csc4cc5c(cc34)C(C)(C)CCC5(C)C)cc(N3c4ccccc4C4(C)CCCCC34C)c2)c1. The van der Waals surface area contributed by atoms with Crippen molar-refractivity contribution < 1.29 is 0 Å². The predicted molar refractivity (Wildman–Crippen MR) is 331 cm³/mol. The molecule has 394 valence electrons. The number of allylic oxidation sites excluding steroid dienone is 4. The van der Waals surface area contributed by atoms with Crippen molar-refractivity contribution in [2.45, 2.75) is 181 Å². The first-order valence-corrected chi connectivity index (χ1v) is 29.6. The van der Waals surface area contributed by atoms with Crippen LogP contribution in [0.15, 0.2) is 157 Å². The summed E-state index contributed by atoms with van der Waals surface area (Å²) in [6, 6.07) is 50.2. The molecule has 11 rings (SSSR count). The van der Waals surface area contributed by atoms with E-state index in [0.717, 1.165) is 18.5 Å². The molecule has 3 aliphatic carbocycles. The highest BCUT2D eigenvalue weighted by atomic mass is 32.1. The Kier molecular flexibility index (Phi) is 12.6. The fourth-order valence-corrected chi connectivity index (χ4v) is 14.7. The van der Waals surface area contributed by atoms with Gasteiger partial charge in [0.05, 0.1) is 22.6 Å². The van der Waals surface area contributed by atoms with E-state index in [4.69, 9.17) is 0 Å². The van der Waals surface area contributed by atoms with Gasteiger partial charge in [-0.1, -0.05) is 189 Å². The van der Waals surface area contributed by atoms with Gasteiger partial charge in [-0.2, -0.15) is 0 Å². The third kappa shape index (κ3) is 8.87. The molecule has 3 nitrogen and oxygen atoms in total. The Morgan fingerprint density at radius 1 is 0.553 bits per heavy atom. The highest BCUT2D eigenvalue weighted by molar-refractivity contribution is 7.17. The summed E-state index contributed by atoms with van der Waals surface area (Å²) in [7, 11) is 0. The second-order valence-electron chi connectivity index (χ2n) is 28.2. The second kappa shape index (κ2) is 18.4. The first-order chi connectivity index (χ1) is 35.8. The molecule has 0 bridgehead atoms. The molecule has 0 amide bonds. The third-order valence-electron chi connectivity index (χ3n) is 19.1. The molecule has 3 atom stereocenters. The molecule has 0 radical (unpaired) electrons. The number of para-hydroxylation sites is 1. The lowest BCUT2D eigenvalue weighted by atomic mass is 9.61. The molecule has 1 aliphatic heterocycles. The van der Waals surface area contributed by atoms with E-state index < -0.39 is 0 Å². The average molecular weight is 1020 g/mol. The molecule has 3 unspecified atom stereocenters. The van der Waals surface area contributed by atoms with E-state index in [9.17, 15) is 0 Å². The number of hydrogen-bond acceptors (Lipinski definition) is 4. The lowest BCUT2D eigenvalue weighted by molar-refractivity contribution is 0.195. The molecule has 4 aliphatic rings. The van der Waals surface area contributed by atoms with Crippen LogP contribution >= 0.6 is 11.3 Å². The molecule has 0 saturated heterocycles. The van der Waals surface area contributed by atoms with Gasteiger partial charge in [0.15, 0.2) is 0 Å². The summed E-state index contributed by atoms with van der Waals surface area (Å²) in [4.78, 5) is 8.12. The summed E-state index contributed by atoms with van der Waals surface area (Å²) in [6.45, 7) is 36.3. The van der Waals surface area contributed by atoms with Crippen LogP contribution in [-0.2, 0) is 27.1 Å². The number of fused-ring (bicyclic) bond motifs is 5. The molecular formula is C72H85N3S. The summed E-state index contributed by atoms with van der Waals surface area (Å²) in [6.07, 6.45) is 15.2. The highest BCUT2D eigenvalue weighted by Crippen LogP contribution is 2.62. The van der Waals surface area contributed by atoms with E-state index in [2.05, 4.69) is 270 Å². The third-order valence-corrected chi connectivity index (χ3v) is 20.0. The largest absolute Gasteiger partial charge is 0.334 e. The second-order valence-corrected chi connectivity index (χ2v) is 29.1. The minimum atomic E-state index is -0.146. The van der Waals surface area contributed by atoms with Gasteiger partial charge in [0, 0.05) is 54.9 Å². The van der Waals surface area contributed by atoms with Crippen molar-refractivity contribution in [2.24, 2.45) is 11.3 Å². The molecule has 0 spiro atoms. The molecule has 6 aromatic carbocycles. The molecule has 2 heterocycles. The zero-order valence-electron chi connectivity index (χ0n) is 48.7. The molecule has 1 saturated carbocycles. The van der Waals surface area contributed by atoms with Gasteiger partial charge in [0.2, 0.25) is 0 Å². The number of benzene rings is 6. The Labute approximate surface area is 461 Å². The van der Waals surface area contributed by atoms with Gasteiger partial charge in [-0.3, -0.25) is 0 Å². The summed E-state index contributed by atoms with van der Waals surface area (Å²) < 4.78 is 1.35. The quantitative estimate of drug-likeness (QED) is 0.150. The van der Waals surface area contributed by atoms with Crippen LogP contribution in [0.1, 0.15) is 177 Å². The van der Waals surface area contributed by atoms with Crippen LogP contribution in [0.4, 0.5) is 39.8 Å². The maximum absolute atomic E-state index is 2.80. The fraction of sp³-hybridized carbons (Fsp3) is 0.417. The van der Waals surface area contributed by atoms with Crippen molar-refractivity contribution in [1.82, 2.24) is 0 Å². The van der Waals surface area contributed by atoms with Gasteiger partial charge in [0.1, 0.15) is 0 Å². The molecular weight excluding hydrogens is 939 g/mol. The van der Waals surface area contributed by atoms with Crippen LogP contribution in [-0.4, -0.2) is 5.54 Å². The van der Waals surface area contributed by atoms with Gasteiger partial charge >= 0.3 is 0 Å². The normalized spacial score (nSPS) is 22.0. The molecule has 4 heteroatoms. The van der Waals surface area contributed by atoms with Gasteiger partial charge < -0.3 is 14.7 Å². The van der Waals surface area contributed by atoms with E-state index >= 15 is 0 Å². The van der Waals surface area contributed by atoms with Gasteiger partial charge in [-0.15, -0.1) is 11.3 Å². The van der Waals surface area contributed by atoms with Crippen LogP contribution in [0.3, 0.4) is 0 Å². The van der Waals surface area contributed by atoms with Crippen molar-refractivity contribution >= 4 is 61.2 Å². The van der Waals surface area contributed by atoms with Crippen molar-refractivity contribution in [3.05, 3.63) is 185 Å². The zero-order chi connectivity index (χ0) is 54.0. The maximum atomic E-state index is 2.80. The number of thiophene rings is 1. The van der Waals surface area contributed by atoms with E-state index in [0.29, 0.717) is 5.92 Å². The Morgan fingerprint density at radius 2 is 1.20 bits per heavy atom. The standard InChI is InChI=1S/C72H85N3S/c1-66(2,3)49-27-23-29-52(39-49)73(53-30-24-28-50(40-53)67(4,5)6)54-42-55(44-56(43-54)75-63-32-20-19-31-59(63)71(14)35-21-22-36-72(71,75)15)74(62-34-33-51(68(7,8)9)41-57(62)48-25-17-16-18-26-48)64-47-76-65-46-61-60(45-58(64)65)69(10,11)37-38-70(61,12)13/h16-20,23-34,39,41-47,50H,21-22,35-38,40H2,1-15H3. The molecule has 7 aromatic rings. The Balaban J connectivity index is 1.26. The lowest BCUT2D eigenvalue weighted by Gasteiger charge is -2.50. The maximum Gasteiger partial charge on any atom is 0.0647 e. The average Bonchev–Trinajstić information content (AvgIpc) is 3.91. The lowest BCUT2D eigenvalue weighted by Crippen LogP contribution is -2.54. The monoisotopic (exact) mass is 1020 g/mol. The van der Waals surface area contributed by atoms with Crippen LogP contribution in [0.25, 0.3) is 21.2 Å². The van der Waals surface area contributed by atoms with Crippen LogP contribution in [0, 0.1) is 11.3 Å². The van der Waals surface area contributed by atoms with Crippen molar-refractivity contribution in [1.29, 1.82) is 0 Å². The zero-order valence-corrected chi connectivity index (χ0v) is 49.5. The molecule has 1 fully saturated rings. The molecule has 76 heavy (non-hydrogen) atoms. The van der Waals surface area contributed by atoms with Crippen molar-refractivity contribution in [2.75, 3.05) is 14.7 Å². The van der Waals surface area contributed by atoms with E-state index in [1.54, 1.807) is 0 Å². The Bertz CT molecular complexity index is 3420.